The van der Waals surface area contributed by atoms with Crippen LogP contribution < -0.4 is 10.1 Å². The van der Waals surface area contributed by atoms with Crippen molar-refractivity contribution in [3.63, 3.8) is 0 Å². The molecule has 0 heterocycles. The Morgan fingerprint density at radius 2 is 1.88 bits per heavy atom. The molecule has 2 aromatic rings. The third-order valence-corrected chi connectivity index (χ3v) is 6.08. The van der Waals surface area contributed by atoms with Crippen molar-refractivity contribution in [1.82, 2.24) is 4.31 Å². The molecule has 1 N–H and O–H groups in total. The Hall–Kier alpha value is -1.72. The number of benzene rings is 2. The van der Waals surface area contributed by atoms with Gasteiger partial charge in [-0.15, -0.1) is 0 Å². The van der Waals surface area contributed by atoms with Gasteiger partial charge in [0.25, 0.3) is 5.91 Å². The Morgan fingerprint density at radius 1 is 1.20 bits per heavy atom. The minimum atomic E-state index is -3.66. The Bertz CT molecular complexity index is 916. The highest BCUT2D eigenvalue weighted by Gasteiger charge is 2.20. The van der Waals surface area contributed by atoms with E-state index < -0.39 is 21.7 Å². The minimum Gasteiger partial charge on any atom is -0.495 e. The Labute approximate surface area is 159 Å². The fourth-order valence-corrected chi connectivity index (χ4v) is 3.67. The van der Waals surface area contributed by atoms with E-state index in [1.165, 1.54) is 57.6 Å². The van der Waals surface area contributed by atoms with Gasteiger partial charge in [0.05, 0.1) is 23.3 Å². The van der Waals surface area contributed by atoms with E-state index in [2.05, 4.69) is 5.32 Å². The predicted molar refractivity (Wildman–Crippen MR) is 101 cm³/mol. The van der Waals surface area contributed by atoms with Crippen LogP contribution in [0.1, 0.15) is 10.4 Å². The highest BCUT2D eigenvalue weighted by atomic mass is 127. The number of hydrogen-bond donors (Lipinski definition) is 1. The molecule has 0 aliphatic heterocycles. The van der Waals surface area contributed by atoms with Gasteiger partial charge in [-0.05, 0) is 59.0 Å². The van der Waals surface area contributed by atoms with Crippen molar-refractivity contribution in [2.45, 2.75) is 4.90 Å². The van der Waals surface area contributed by atoms with Crippen molar-refractivity contribution >= 4 is 44.2 Å². The molecule has 0 atom stereocenters. The van der Waals surface area contributed by atoms with Crippen LogP contribution >= 0.6 is 22.6 Å². The molecule has 25 heavy (non-hydrogen) atoms. The minimum absolute atomic E-state index is 0.0161. The van der Waals surface area contributed by atoms with E-state index in [-0.39, 0.29) is 16.1 Å². The lowest BCUT2D eigenvalue weighted by atomic mass is 10.2. The van der Waals surface area contributed by atoms with Gasteiger partial charge in [0.15, 0.2) is 0 Å². The monoisotopic (exact) mass is 478 g/mol. The molecule has 0 fully saturated rings. The molecule has 0 aliphatic rings. The maximum atomic E-state index is 13.2. The number of nitrogens with one attached hydrogen (secondary N) is 1. The number of anilines is 1. The number of sulfonamides is 1. The van der Waals surface area contributed by atoms with Gasteiger partial charge >= 0.3 is 0 Å². The van der Waals surface area contributed by atoms with Crippen LogP contribution in [0.4, 0.5) is 10.1 Å². The quantitative estimate of drug-likeness (QED) is 0.671. The van der Waals surface area contributed by atoms with Crippen LogP contribution in [0.5, 0.6) is 5.75 Å². The highest BCUT2D eigenvalue weighted by Crippen LogP contribution is 2.29. The normalized spacial score (nSPS) is 11.4. The van der Waals surface area contributed by atoms with Gasteiger partial charge in [0.2, 0.25) is 10.0 Å². The van der Waals surface area contributed by atoms with Gasteiger partial charge in [0.1, 0.15) is 11.6 Å². The molecule has 0 radical (unpaired) electrons. The lowest BCUT2D eigenvalue weighted by molar-refractivity contribution is 0.102. The fourth-order valence-electron chi connectivity index (χ4n) is 2.02. The topological polar surface area (TPSA) is 75.7 Å². The summed E-state index contributed by atoms with van der Waals surface area (Å²) in [5, 5.41) is 2.62. The van der Waals surface area contributed by atoms with Gasteiger partial charge in [-0.1, -0.05) is 0 Å². The number of methoxy groups -OCH3 is 1. The Kier molecular flexibility index (Phi) is 6.01. The largest absolute Gasteiger partial charge is 0.495 e. The molecule has 2 aromatic carbocycles. The molecule has 0 bridgehead atoms. The van der Waals surface area contributed by atoms with Crippen LogP contribution in [0.25, 0.3) is 0 Å². The molecule has 0 spiro atoms. The first-order chi connectivity index (χ1) is 11.7. The second kappa shape index (κ2) is 7.67. The molecular weight excluding hydrogens is 462 g/mol. The van der Waals surface area contributed by atoms with E-state index in [9.17, 15) is 17.6 Å². The summed E-state index contributed by atoms with van der Waals surface area (Å²) in [6.45, 7) is 0. The van der Waals surface area contributed by atoms with Crippen LogP contribution in [0.15, 0.2) is 41.3 Å². The van der Waals surface area contributed by atoms with E-state index in [4.69, 9.17) is 4.74 Å². The zero-order valence-electron chi connectivity index (χ0n) is 13.7. The summed E-state index contributed by atoms with van der Waals surface area (Å²) in [5.74, 6) is -0.636. The number of halogens is 2. The smallest absolute Gasteiger partial charge is 0.256 e. The standard InChI is InChI=1S/C16H16FIN2O4S/c1-20(2)25(22,23)11-5-7-15(24-3)14(9-11)19-16(21)12-6-4-10(17)8-13(12)18/h4-9H,1-3H3,(H,19,21). The zero-order valence-corrected chi connectivity index (χ0v) is 16.7. The summed E-state index contributed by atoms with van der Waals surface area (Å²) in [6, 6.07) is 7.95. The van der Waals surface area contributed by atoms with Crippen molar-refractivity contribution in [2.24, 2.45) is 0 Å². The molecule has 0 aliphatic carbocycles. The van der Waals surface area contributed by atoms with Crippen LogP contribution in [-0.2, 0) is 10.0 Å². The van der Waals surface area contributed by atoms with E-state index in [1.54, 1.807) is 0 Å². The van der Waals surface area contributed by atoms with Crippen LogP contribution in [-0.4, -0.2) is 39.8 Å². The average molecular weight is 478 g/mol. The maximum absolute atomic E-state index is 13.2. The number of hydrogen-bond acceptors (Lipinski definition) is 4. The predicted octanol–water partition coefficient (Wildman–Crippen LogP) is 2.94. The third kappa shape index (κ3) is 4.28. The van der Waals surface area contributed by atoms with E-state index in [0.717, 1.165) is 4.31 Å². The number of ether oxygens (including phenoxy) is 1. The van der Waals surface area contributed by atoms with Gasteiger partial charge < -0.3 is 10.1 Å². The average Bonchev–Trinajstić information content (AvgIpc) is 2.54. The third-order valence-electron chi connectivity index (χ3n) is 3.37. The first kappa shape index (κ1) is 19.6. The maximum Gasteiger partial charge on any atom is 0.256 e. The molecule has 6 nitrogen and oxygen atoms in total. The number of carbonyl (C=O) groups is 1. The highest BCUT2D eigenvalue weighted by molar-refractivity contribution is 14.1. The molecule has 9 heteroatoms. The lowest BCUT2D eigenvalue weighted by Gasteiger charge is -2.15. The summed E-state index contributed by atoms with van der Waals surface area (Å²) in [7, 11) is 0.577. The first-order valence-electron chi connectivity index (χ1n) is 7.03. The van der Waals surface area contributed by atoms with Crippen molar-refractivity contribution in [2.75, 3.05) is 26.5 Å². The SMILES string of the molecule is COc1ccc(S(=O)(=O)N(C)C)cc1NC(=O)c1ccc(F)cc1I. The number of amides is 1. The van der Waals surface area contributed by atoms with Crippen LogP contribution in [0.3, 0.4) is 0 Å². The van der Waals surface area contributed by atoms with Gasteiger partial charge in [-0.3, -0.25) is 4.79 Å². The molecule has 2 rings (SSSR count). The summed E-state index contributed by atoms with van der Waals surface area (Å²) in [4.78, 5) is 12.5. The van der Waals surface area contributed by atoms with Crippen molar-refractivity contribution in [1.29, 1.82) is 0 Å². The molecule has 1 amide bonds. The molecule has 0 aromatic heterocycles. The van der Waals surface area contributed by atoms with Gasteiger partial charge in [-0.25, -0.2) is 17.1 Å². The van der Waals surface area contributed by atoms with Crippen LogP contribution in [0, 0.1) is 9.39 Å². The summed E-state index contributed by atoms with van der Waals surface area (Å²) in [6.07, 6.45) is 0. The lowest BCUT2D eigenvalue weighted by Crippen LogP contribution is -2.22. The van der Waals surface area contributed by atoms with Gasteiger partial charge in [-0.2, -0.15) is 0 Å². The van der Waals surface area contributed by atoms with E-state index in [1.807, 2.05) is 22.6 Å². The molecule has 0 saturated carbocycles. The second-order valence-electron chi connectivity index (χ2n) is 5.23. The summed E-state index contributed by atoms with van der Waals surface area (Å²) >= 11 is 1.86. The fraction of sp³-hybridized carbons (Fsp3) is 0.188. The number of nitrogens with zero attached hydrogens (tertiary/aromatic N) is 1. The van der Waals surface area contributed by atoms with Gasteiger partial charge in [0, 0.05) is 17.7 Å². The molecular formula is C16H16FIN2O4S. The van der Waals surface area contributed by atoms with Crippen molar-refractivity contribution in [3.8, 4) is 5.75 Å². The summed E-state index contributed by atoms with van der Waals surface area (Å²) in [5.41, 5.74) is 0.473. The molecule has 0 saturated heterocycles. The van der Waals surface area contributed by atoms with Crippen molar-refractivity contribution in [3.05, 3.63) is 51.3 Å². The second-order valence-corrected chi connectivity index (χ2v) is 8.54. The van der Waals surface area contributed by atoms with Crippen molar-refractivity contribution < 1.29 is 22.3 Å². The summed E-state index contributed by atoms with van der Waals surface area (Å²) < 4.78 is 44.4. The molecule has 0 unspecified atom stereocenters. The first-order valence-corrected chi connectivity index (χ1v) is 9.55. The Balaban J connectivity index is 2.42. The van der Waals surface area contributed by atoms with E-state index >= 15 is 0 Å². The van der Waals surface area contributed by atoms with E-state index in [0.29, 0.717) is 9.32 Å². The van der Waals surface area contributed by atoms with Crippen LogP contribution in [0.2, 0.25) is 0 Å². The number of carbonyl (C=O) groups excluding carboxylic acids is 1. The number of rotatable bonds is 5. The zero-order chi connectivity index (χ0) is 18.8. The molecule has 134 valence electrons. The Morgan fingerprint density at radius 3 is 2.44 bits per heavy atom.